The Hall–Kier alpha value is -2.60. The highest BCUT2D eigenvalue weighted by molar-refractivity contribution is 5.75. The zero-order valence-corrected chi connectivity index (χ0v) is 13.5. The lowest BCUT2D eigenvalue weighted by Gasteiger charge is -2.20. The molecule has 2 atom stereocenters. The van der Waals surface area contributed by atoms with E-state index in [0.29, 0.717) is 18.7 Å². The molecule has 6 heteroatoms. The molecule has 0 heterocycles. The number of aliphatic hydroxyl groups excluding tert-OH is 1. The number of urea groups is 1. The van der Waals surface area contributed by atoms with Gasteiger partial charge in [0.15, 0.2) is 0 Å². The summed E-state index contributed by atoms with van der Waals surface area (Å²) in [4.78, 5) is 11.9. The topological polar surface area (TPSA) is 73.4 Å². The van der Waals surface area contributed by atoms with Crippen LogP contribution in [0.4, 0.5) is 14.9 Å². The lowest BCUT2D eigenvalue weighted by atomic mass is 9.93. The highest BCUT2D eigenvalue weighted by Crippen LogP contribution is 2.20. The van der Waals surface area contributed by atoms with Crippen LogP contribution in [0.2, 0.25) is 0 Å². The van der Waals surface area contributed by atoms with Crippen LogP contribution in [0.1, 0.15) is 24.8 Å². The summed E-state index contributed by atoms with van der Waals surface area (Å²) in [6.07, 6.45) is 0.0905. The van der Waals surface area contributed by atoms with Crippen LogP contribution in [0.3, 0.4) is 0 Å². The third-order valence-corrected chi connectivity index (χ3v) is 3.57. The molecule has 5 nitrogen and oxygen atoms in total. The van der Waals surface area contributed by atoms with Crippen molar-refractivity contribution in [3.05, 3.63) is 66.0 Å². The molecule has 128 valence electrons. The summed E-state index contributed by atoms with van der Waals surface area (Å²) in [6.45, 7) is 2.12. The van der Waals surface area contributed by atoms with Crippen LogP contribution >= 0.6 is 0 Å². The van der Waals surface area contributed by atoms with Crippen LogP contribution in [-0.4, -0.2) is 23.8 Å². The molecule has 2 unspecified atom stereocenters. The van der Waals surface area contributed by atoms with Crippen molar-refractivity contribution in [2.24, 2.45) is 0 Å². The molecule has 0 aliphatic heterocycles. The van der Waals surface area contributed by atoms with Crippen molar-refractivity contribution >= 4 is 11.7 Å². The maximum Gasteiger partial charge on any atom is 0.333 e. The number of anilines is 1. The third kappa shape index (κ3) is 5.89. The first-order chi connectivity index (χ1) is 11.5. The van der Waals surface area contributed by atoms with Crippen molar-refractivity contribution in [1.29, 1.82) is 0 Å². The summed E-state index contributed by atoms with van der Waals surface area (Å²) in [6, 6.07) is 15.0. The molecule has 2 aromatic rings. The van der Waals surface area contributed by atoms with E-state index < -0.39 is 12.1 Å². The number of halogens is 1. The minimum absolute atomic E-state index is 0.0165. The Morgan fingerprint density at radius 2 is 1.79 bits per heavy atom. The molecular weight excluding hydrogens is 309 g/mol. The molecular formula is C18H22FN3O2. The monoisotopic (exact) mass is 331 g/mol. The van der Waals surface area contributed by atoms with Gasteiger partial charge in [0.25, 0.3) is 0 Å². The Morgan fingerprint density at radius 3 is 2.42 bits per heavy atom. The van der Waals surface area contributed by atoms with Gasteiger partial charge in [-0.15, -0.1) is 0 Å². The van der Waals surface area contributed by atoms with Gasteiger partial charge in [-0.2, -0.15) is 0 Å². The minimum atomic E-state index is -0.461. The SMILES string of the molecule is CC(O)CC(CNC(=O)NNc1ccc(F)cc1)c1ccccc1. The molecule has 24 heavy (non-hydrogen) atoms. The minimum Gasteiger partial charge on any atom is -0.393 e. The van der Waals surface area contributed by atoms with Crippen LogP contribution in [0.15, 0.2) is 54.6 Å². The molecule has 0 spiro atoms. The van der Waals surface area contributed by atoms with Gasteiger partial charge >= 0.3 is 6.03 Å². The van der Waals surface area contributed by atoms with Gasteiger partial charge in [-0.25, -0.2) is 9.18 Å². The first-order valence-corrected chi connectivity index (χ1v) is 7.83. The predicted octanol–water partition coefficient (Wildman–Crippen LogP) is 3.01. The van der Waals surface area contributed by atoms with E-state index >= 15 is 0 Å². The lowest BCUT2D eigenvalue weighted by Crippen LogP contribution is -2.41. The fourth-order valence-electron chi connectivity index (χ4n) is 2.40. The maximum absolute atomic E-state index is 12.8. The van der Waals surface area contributed by atoms with Gasteiger partial charge in [-0.3, -0.25) is 10.9 Å². The second kappa shape index (κ2) is 8.88. The van der Waals surface area contributed by atoms with Crippen molar-refractivity contribution < 1.29 is 14.3 Å². The van der Waals surface area contributed by atoms with Gasteiger partial charge in [0.1, 0.15) is 5.82 Å². The number of hydrogen-bond acceptors (Lipinski definition) is 3. The number of carbonyl (C=O) groups excluding carboxylic acids is 1. The molecule has 0 saturated carbocycles. The average molecular weight is 331 g/mol. The number of carbonyl (C=O) groups is 1. The van der Waals surface area contributed by atoms with E-state index in [-0.39, 0.29) is 11.7 Å². The highest BCUT2D eigenvalue weighted by Gasteiger charge is 2.15. The van der Waals surface area contributed by atoms with Gasteiger partial charge < -0.3 is 10.4 Å². The van der Waals surface area contributed by atoms with Crippen LogP contribution in [0.25, 0.3) is 0 Å². The van der Waals surface area contributed by atoms with E-state index in [2.05, 4.69) is 16.2 Å². The van der Waals surface area contributed by atoms with Crippen LogP contribution in [0.5, 0.6) is 0 Å². The fourth-order valence-corrected chi connectivity index (χ4v) is 2.40. The van der Waals surface area contributed by atoms with Crippen molar-refractivity contribution in [2.75, 3.05) is 12.0 Å². The first kappa shape index (κ1) is 17.7. The molecule has 0 aromatic heterocycles. The van der Waals surface area contributed by atoms with Crippen LogP contribution in [-0.2, 0) is 0 Å². The third-order valence-electron chi connectivity index (χ3n) is 3.57. The fraction of sp³-hybridized carbons (Fsp3) is 0.278. The van der Waals surface area contributed by atoms with E-state index in [0.717, 1.165) is 5.56 Å². The first-order valence-electron chi connectivity index (χ1n) is 7.83. The average Bonchev–Trinajstić information content (AvgIpc) is 2.58. The Morgan fingerprint density at radius 1 is 1.12 bits per heavy atom. The van der Waals surface area contributed by atoms with Crippen molar-refractivity contribution in [3.8, 4) is 0 Å². The summed E-state index contributed by atoms with van der Waals surface area (Å²) in [5, 5.41) is 12.4. The lowest BCUT2D eigenvalue weighted by molar-refractivity contribution is 0.173. The molecule has 0 saturated heterocycles. The van der Waals surface area contributed by atoms with Gasteiger partial charge in [0.2, 0.25) is 0 Å². The summed E-state index contributed by atoms with van der Waals surface area (Å²) in [5.74, 6) is -0.323. The molecule has 0 bridgehead atoms. The Kier molecular flexibility index (Phi) is 6.57. The van der Waals surface area contributed by atoms with E-state index in [1.165, 1.54) is 24.3 Å². The number of hydrazine groups is 1. The predicted molar refractivity (Wildman–Crippen MR) is 92.0 cm³/mol. The molecule has 0 aliphatic carbocycles. The van der Waals surface area contributed by atoms with E-state index in [1.54, 1.807) is 6.92 Å². The molecule has 4 N–H and O–H groups in total. The smallest absolute Gasteiger partial charge is 0.333 e. The number of amides is 2. The maximum atomic E-state index is 12.8. The second-order valence-electron chi connectivity index (χ2n) is 5.66. The molecule has 2 rings (SSSR count). The Bertz CT molecular complexity index is 632. The number of nitrogens with one attached hydrogen (secondary N) is 3. The standard InChI is InChI=1S/C18H22FN3O2/c1-13(23)11-15(14-5-3-2-4-6-14)12-20-18(24)22-21-17-9-7-16(19)8-10-17/h2-10,13,15,21,23H,11-12H2,1H3,(H2,20,22,24). The molecule has 0 fully saturated rings. The zero-order valence-electron chi connectivity index (χ0n) is 13.5. The molecule has 2 aromatic carbocycles. The molecule has 0 aliphatic rings. The number of benzene rings is 2. The summed E-state index contributed by atoms with van der Waals surface area (Å²) in [7, 11) is 0. The van der Waals surface area contributed by atoms with Crippen molar-refractivity contribution in [3.63, 3.8) is 0 Å². The van der Waals surface area contributed by atoms with Gasteiger partial charge in [-0.1, -0.05) is 30.3 Å². The van der Waals surface area contributed by atoms with Gasteiger partial charge in [0, 0.05) is 12.5 Å². The summed E-state index contributed by atoms with van der Waals surface area (Å²) in [5.41, 5.74) is 6.83. The van der Waals surface area contributed by atoms with Crippen molar-refractivity contribution in [2.45, 2.75) is 25.4 Å². The number of aliphatic hydroxyl groups is 1. The number of hydrogen-bond donors (Lipinski definition) is 4. The molecule has 0 radical (unpaired) electrons. The Labute approximate surface area is 140 Å². The van der Waals surface area contributed by atoms with Crippen LogP contribution in [0, 0.1) is 5.82 Å². The highest BCUT2D eigenvalue weighted by atomic mass is 19.1. The van der Waals surface area contributed by atoms with E-state index in [4.69, 9.17) is 0 Å². The largest absolute Gasteiger partial charge is 0.393 e. The Balaban J connectivity index is 1.84. The summed E-state index contributed by atoms with van der Waals surface area (Å²) < 4.78 is 12.8. The zero-order chi connectivity index (χ0) is 17.4. The van der Waals surface area contributed by atoms with Gasteiger partial charge in [0.05, 0.1) is 11.8 Å². The van der Waals surface area contributed by atoms with Crippen LogP contribution < -0.4 is 16.2 Å². The van der Waals surface area contributed by atoms with E-state index in [1.807, 2.05) is 30.3 Å². The summed E-state index contributed by atoms with van der Waals surface area (Å²) >= 11 is 0. The van der Waals surface area contributed by atoms with Crippen molar-refractivity contribution in [1.82, 2.24) is 10.7 Å². The van der Waals surface area contributed by atoms with E-state index in [9.17, 15) is 14.3 Å². The normalized spacial score (nSPS) is 13.0. The molecule has 2 amide bonds. The second-order valence-corrected chi connectivity index (χ2v) is 5.66. The quantitative estimate of drug-likeness (QED) is 0.589. The van der Waals surface area contributed by atoms with Gasteiger partial charge in [-0.05, 0) is 43.2 Å². The number of rotatable bonds is 7.